The number of rotatable bonds is 1. The van der Waals surface area contributed by atoms with Gasteiger partial charge in [0, 0.05) is 19.3 Å². The van der Waals surface area contributed by atoms with Gasteiger partial charge < -0.3 is 4.40 Å². The monoisotopic (exact) mass is 195 g/mol. The number of halogens is 1. The summed E-state index contributed by atoms with van der Waals surface area (Å²) < 4.78 is 1.67. The van der Waals surface area contributed by atoms with E-state index in [2.05, 4.69) is 9.97 Å². The third kappa shape index (κ3) is 1.40. The number of imidazole rings is 1. The van der Waals surface area contributed by atoms with E-state index >= 15 is 0 Å². The van der Waals surface area contributed by atoms with Gasteiger partial charge in [-0.2, -0.15) is 0 Å². The lowest BCUT2D eigenvalue weighted by atomic mass is 10.3. The Bertz CT molecular complexity index is 477. The first-order valence-electron chi connectivity index (χ1n) is 3.68. The lowest BCUT2D eigenvalue weighted by Gasteiger charge is -1.90. The summed E-state index contributed by atoms with van der Waals surface area (Å²) in [5.74, 6) is -0.0696. The minimum Gasteiger partial charge on any atom is -0.302 e. The van der Waals surface area contributed by atoms with Crippen molar-refractivity contribution >= 4 is 23.0 Å². The van der Waals surface area contributed by atoms with Gasteiger partial charge in [-0.1, -0.05) is 11.6 Å². The van der Waals surface area contributed by atoms with Crippen LogP contribution in [0.5, 0.6) is 0 Å². The number of aromatic nitrogens is 3. The molecule has 2 heterocycles. The van der Waals surface area contributed by atoms with Gasteiger partial charge in [0.1, 0.15) is 10.8 Å². The highest BCUT2D eigenvalue weighted by Crippen LogP contribution is 2.08. The van der Waals surface area contributed by atoms with Gasteiger partial charge in [0.15, 0.2) is 11.4 Å². The van der Waals surface area contributed by atoms with E-state index in [9.17, 15) is 4.79 Å². The Morgan fingerprint density at radius 3 is 3.00 bits per heavy atom. The summed E-state index contributed by atoms with van der Waals surface area (Å²) in [5, 5.41) is 0.375. The lowest BCUT2D eigenvalue weighted by Crippen LogP contribution is -1.89. The molecule has 4 nitrogen and oxygen atoms in total. The number of carbonyl (C=O) groups excluding carboxylic acids is 1. The predicted molar refractivity (Wildman–Crippen MR) is 48.0 cm³/mol. The van der Waals surface area contributed by atoms with E-state index in [1.54, 1.807) is 16.8 Å². The van der Waals surface area contributed by atoms with Gasteiger partial charge in [-0.15, -0.1) is 0 Å². The number of Topliss-reactive ketones (excluding diaryl/α,β-unsaturated/α-hetero) is 1. The average Bonchev–Trinajstić information content (AvgIpc) is 2.46. The summed E-state index contributed by atoms with van der Waals surface area (Å²) in [6.45, 7) is 1.47. The zero-order valence-electron chi connectivity index (χ0n) is 6.86. The molecule has 0 aliphatic rings. The molecule has 2 aromatic heterocycles. The maximum absolute atomic E-state index is 11.0. The van der Waals surface area contributed by atoms with Crippen LogP contribution in [0, 0.1) is 0 Å². The Morgan fingerprint density at radius 2 is 2.31 bits per heavy atom. The molecule has 2 rings (SSSR count). The number of carbonyl (C=O) groups is 1. The van der Waals surface area contributed by atoms with Crippen LogP contribution in [0.15, 0.2) is 18.6 Å². The molecular formula is C8H6ClN3O. The molecule has 66 valence electrons. The van der Waals surface area contributed by atoms with Crippen molar-refractivity contribution in [1.82, 2.24) is 14.4 Å². The largest absolute Gasteiger partial charge is 0.302 e. The summed E-state index contributed by atoms with van der Waals surface area (Å²) in [4.78, 5) is 18.9. The van der Waals surface area contributed by atoms with Crippen LogP contribution in [-0.2, 0) is 0 Å². The van der Waals surface area contributed by atoms with E-state index in [0.717, 1.165) is 0 Å². The van der Waals surface area contributed by atoms with Crippen LogP contribution in [0.4, 0.5) is 0 Å². The zero-order valence-corrected chi connectivity index (χ0v) is 7.62. The molecule has 0 aliphatic heterocycles. The van der Waals surface area contributed by atoms with Crippen molar-refractivity contribution in [3.8, 4) is 0 Å². The van der Waals surface area contributed by atoms with Crippen molar-refractivity contribution < 1.29 is 4.79 Å². The maximum Gasteiger partial charge on any atom is 0.179 e. The van der Waals surface area contributed by atoms with Crippen molar-refractivity contribution in [2.24, 2.45) is 0 Å². The molecule has 0 spiro atoms. The van der Waals surface area contributed by atoms with Gasteiger partial charge in [-0.25, -0.2) is 9.97 Å². The molecule has 0 aromatic carbocycles. The molecule has 2 aromatic rings. The Balaban J connectivity index is 2.68. The Hall–Kier alpha value is -1.42. The molecule has 0 bridgehead atoms. The minimum absolute atomic E-state index is 0.0696. The predicted octanol–water partition coefficient (Wildman–Crippen LogP) is 1.59. The van der Waals surface area contributed by atoms with Crippen LogP contribution in [-0.4, -0.2) is 20.2 Å². The fraction of sp³-hybridized carbons (Fsp3) is 0.125. The smallest absolute Gasteiger partial charge is 0.179 e. The van der Waals surface area contributed by atoms with Crippen LogP contribution in [0.2, 0.25) is 5.15 Å². The molecular weight excluding hydrogens is 190 g/mol. The van der Waals surface area contributed by atoms with E-state index in [0.29, 0.717) is 16.5 Å². The van der Waals surface area contributed by atoms with Crippen molar-refractivity contribution in [2.75, 3.05) is 0 Å². The van der Waals surface area contributed by atoms with Gasteiger partial charge in [0.05, 0.1) is 6.20 Å². The van der Waals surface area contributed by atoms with Crippen LogP contribution >= 0.6 is 11.6 Å². The van der Waals surface area contributed by atoms with Gasteiger partial charge in [-0.3, -0.25) is 4.79 Å². The zero-order chi connectivity index (χ0) is 9.42. The van der Waals surface area contributed by atoms with Gasteiger partial charge in [0.2, 0.25) is 0 Å². The third-order valence-corrected chi connectivity index (χ3v) is 1.87. The van der Waals surface area contributed by atoms with Crippen LogP contribution < -0.4 is 0 Å². The normalized spacial score (nSPS) is 10.6. The standard InChI is InChI=1S/C8H6ClN3O/c1-5(13)6-3-12-4-7(9)10-2-8(12)11-6/h2-4H,1H3. The first-order valence-corrected chi connectivity index (χ1v) is 4.06. The number of hydrogen-bond acceptors (Lipinski definition) is 3. The molecule has 13 heavy (non-hydrogen) atoms. The molecule has 0 N–H and O–H groups in total. The van der Waals surface area contributed by atoms with Gasteiger partial charge >= 0.3 is 0 Å². The van der Waals surface area contributed by atoms with Crippen LogP contribution in [0.1, 0.15) is 17.4 Å². The number of nitrogens with zero attached hydrogens (tertiary/aromatic N) is 3. The maximum atomic E-state index is 11.0. The number of fused-ring (bicyclic) bond motifs is 1. The summed E-state index contributed by atoms with van der Waals surface area (Å²) in [6, 6.07) is 0. The Labute approximate surface area is 79.2 Å². The van der Waals surface area contributed by atoms with E-state index in [4.69, 9.17) is 11.6 Å². The van der Waals surface area contributed by atoms with E-state index in [1.165, 1.54) is 13.1 Å². The lowest BCUT2D eigenvalue weighted by molar-refractivity contribution is 0.101. The second-order valence-corrected chi connectivity index (χ2v) is 3.05. The van der Waals surface area contributed by atoms with Gasteiger partial charge in [0.25, 0.3) is 0 Å². The molecule has 0 unspecified atom stereocenters. The Kier molecular flexibility index (Phi) is 1.77. The summed E-state index contributed by atoms with van der Waals surface area (Å²) in [5.41, 5.74) is 1.04. The van der Waals surface area contributed by atoms with E-state index in [-0.39, 0.29) is 5.78 Å². The minimum atomic E-state index is -0.0696. The Morgan fingerprint density at radius 1 is 1.54 bits per heavy atom. The number of ketones is 1. The molecule has 0 fully saturated rings. The third-order valence-electron chi connectivity index (χ3n) is 1.67. The highest BCUT2D eigenvalue weighted by Gasteiger charge is 2.05. The number of hydrogen-bond donors (Lipinski definition) is 0. The van der Waals surface area contributed by atoms with Gasteiger partial charge in [-0.05, 0) is 0 Å². The molecule has 0 saturated carbocycles. The molecule has 0 radical (unpaired) electrons. The van der Waals surface area contributed by atoms with Crippen molar-refractivity contribution in [2.45, 2.75) is 6.92 Å². The first-order chi connectivity index (χ1) is 6.16. The molecule has 0 saturated heterocycles. The summed E-state index contributed by atoms with van der Waals surface area (Å²) in [6.07, 6.45) is 4.76. The highest BCUT2D eigenvalue weighted by atomic mass is 35.5. The highest BCUT2D eigenvalue weighted by molar-refractivity contribution is 6.29. The topological polar surface area (TPSA) is 47.3 Å². The summed E-state index contributed by atoms with van der Waals surface area (Å²) in [7, 11) is 0. The second kappa shape index (κ2) is 2.81. The second-order valence-electron chi connectivity index (χ2n) is 2.66. The fourth-order valence-corrected chi connectivity index (χ4v) is 1.20. The van der Waals surface area contributed by atoms with Crippen molar-refractivity contribution in [1.29, 1.82) is 0 Å². The van der Waals surface area contributed by atoms with Crippen molar-refractivity contribution in [3.05, 3.63) is 29.4 Å². The van der Waals surface area contributed by atoms with Crippen LogP contribution in [0.25, 0.3) is 5.65 Å². The quantitative estimate of drug-likeness (QED) is 0.650. The fourth-order valence-electron chi connectivity index (χ4n) is 1.04. The molecule has 0 atom stereocenters. The van der Waals surface area contributed by atoms with Crippen molar-refractivity contribution in [3.63, 3.8) is 0 Å². The van der Waals surface area contributed by atoms with Crippen LogP contribution in [0.3, 0.4) is 0 Å². The summed E-state index contributed by atoms with van der Waals surface area (Å²) >= 11 is 5.66. The average molecular weight is 196 g/mol. The van der Waals surface area contributed by atoms with E-state index < -0.39 is 0 Å². The SMILES string of the molecule is CC(=O)c1cn2cc(Cl)ncc2n1. The first kappa shape index (κ1) is 8.19. The molecule has 0 aliphatic carbocycles. The molecule has 0 amide bonds. The molecule has 5 heteroatoms. The van der Waals surface area contributed by atoms with E-state index in [1.807, 2.05) is 0 Å².